The molecule has 1 aliphatic rings. The summed E-state index contributed by atoms with van der Waals surface area (Å²) in [6.45, 7) is 8.15. The standard InChI is InChI=1S/C14H17BO3/c1-13(2)14(3,4)18-15(17-13)12-9-10-7-5-6-8-11(10)16-12/h5-9H,1-4H3. The number of hydrogen-bond acceptors (Lipinski definition) is 3. The van der Waals surface area contributed by atoms with Crippen LogP contribution >= 0.6 is 0 Å². The molecule has 2 heterocycles. The summed E-state index contributed by atoms with van der Waals surface area (Å²) in [5.41, 5.74) is 0.921. The van der Waals surface area contributed by atoms with Gasteiger partial charge < -0.3 is 13.7 Å². The predicted molar refractivity (Wildman–Crippen MR) is 71.9 cm³/mol. The number of para-hydroxylation sites is 1. The van der Waals surface area contributed by atoms with E-state index in [1.54, 1.807) is 0 Å². The summed E-state index contributed by atoms with van der Waals surface area (Å²) in [6, 6.07) is 9.90. The minimum Gasteiger partial charge on any atom is -0.465 e. The molecule has 1 aromatic carbocycles. The number of fused-ring (bicyclic) bond motifs is 1. The van der Waals surface area contributed by atoms with Crippen LogP contribution in [0.3, 0.4) is 0 Å². The van der Waals surface area contributed by atoms with Crippen LogP contribution in [-0.2, 0) is 9.31 Å². The van der Waals surface area contributed by atoms with Crippen LogP contribution in [0.1, 0.15) is 27.7 Å². The largest absolute Gasteiger partial charge is 0.532 e. The van der Waals surface area contributed by atoms with Crippen molar-refractivity contribution in [2.24, 2.45) is 0 Å². The van der Waals surface area contributed by atoms with Gasteiger partial charge in [-0.25, -0.2) is 0 Å². The maximum Gasteiger partial charge on any atom is 0.532 e. The molecule has 0 atom stereocenters. The lowest BCUT2D eigenvalue weighted by Crippen LogP contribution is -2.41. The minimum atomic E-state index is -0.428. The van der Waals surface area contributed by atoms with Gasteiger partial charge in [0.2, 0.25) is 0 Å². The molecule has 0 spiro atoms. The van der Waals surface area contributed by atoms with E-state index in [4.69, 9.17) is 13.7 Å². The molecule has 0 bridgehead atoms. The third kappa shape index (κ3) is 1.68. The highest BCUT2D eigenvalue weighted by Gasteiger charge is 2.53. The monoisotopic (exact) mass is 244 g/mol. The smallest absolute Gasteiger partial charge is 0.465 e. The van der Waals surface area contributed by atoms with Gasteiger partial charge in [0, 0.05) is 5.39 Å². The van der Waals surface area contributed by atoms with Gasteiger partial charge in [-0.05, 0) is 39.8 Å². The van der Waals surface area contributed by atoms with Gasteiger partial charge in [-0.2, -0.15) is 0 Å². The molecular formula is C14H17BO3. The number of benzene rings is 1. The summed E-state index contributed by atoms with van der Waals surface area (Å²) >= 11 is 0. The first-order chi connectivity index (χ1) is 8.39. The van der Waals surface area contributed by atoms with Crippen molar-refractivity contribution >= 4 is 23.7 Å². The summed E-state index contributed by atoms with van der Waals surface area (Å²) in [4.78, 5) is 0. The zero-order chi connectivity index (χ0) is 13.0. The second-order valence-corrected chi connectivity index (χ2v) is 5.77. The fraction of sp³-hybridized carbons (Fsp3) is 0.429. The number of rotatable bonds is 1. The lowest BCUT2D eigenvalue weighted by molar-refractivity contribution is 0.00578. The molecule has 1 fully saturated rings. The van der Waals surface area contributed by atoms with E-state index < -0.39 is 7.12 Å². The molecule has 3 rings (SSSR count). The molecular weight excluding hydrogens is 227 g/mol. The first kappa shape index (κ1) is 11.8. The highest BCUT2D eigenvalue weighted by Crippen LogP contribution is 2.36. The number of furan rings is 1. The summed E-state index contributed by atoms with van der Waals surface area (Å²) in [5, 5.41) is 1.07. The molecule has 0 amide bonds. The molecule has 3 nitrogen and oxygen atoms in total. The van der Waals surface area contributed by atoms with E-state index >= 15 is 0 Å². The highest BCUT2D eigenvalue weighted by molar-refractivity contribution is 6.61. The van der Waals surface area contributed by atoms with Gasteiger partial charge in [0.25, 0.3) is 0 Å². The molecule has 2 aromatic rings. The Morgan fingerprint density at radius 3 is 2.17 bits per heavy atom. The van der Waals surface area contributed by atoms with Crippen LogP contribution in [-0.4, -0.2) is 18.3 Å². The van der Waals surface area contributed by atoms with E-state index in [0.717, 1.165) is 16.6 Å². The van der Waals surface area contributed by atoms with E-state index in [1.165, 1.54) is 0 Å². The van der Waals surface area contributed by atoms with E-state index in [-0.39, 0.29) is 11.2 Å². The Kier molecular flexibility index (Phi) is 2.38. The van der Waals surface area contributed by atoms with E-state index in [0.29, 0.717) is 0 Å². The van der Waals surface area contributed by atoms with Gasteiger partial charge in [-0.1, -0.05) is 18.2 Å². The molecule has 0 N–H and O–H groups in total. The van der Waals surface area contributed by atoms with Crippen molar-refractivity contribution in [2.75, 3.05) is 0 Å². The maximum atomic E-state index is 5.96. The third-order valence-corrected chi connectivity index (χ3v) is 3.93. The molecule has 1 aliphatic heterocycles. The van der Waals surface area contributed by atoms with E-state index in [2.05, 4.69) is 0 Å². The van der Waals surface area contributed by atoms with Crippen molar-refractivity contribution in [1.29, 1.82) is 0 Å². The van der Waals surface area contributed by atoms with Crippen LogP contribution < -0.4 is 5.66 Å². The second-order valence-electron chi connectivity index (χ2n) is 5.77. The fourth-order valence-electron chi connectivity index (χ4n) is 2.08. The Balaban J connectivity index is 1.97. The van der Waals surface area contributed by atoms with Gasteiger partial charge in [-0.3, -0.25) is 0 Å². The van der Waals surface area contributed by atoms with Crippen LogP contribution in [0.25, 0.3) is 11.0 Å². The van der Waals surface area contributed by atoms with Crippen molar-refractivity contribution in [3.63, 3.8) is 0 Å². The average molecular weight is 244 g/mol. The van der Waals surface area contributed by atoms with Gasteiger partial charge >= 0.3 is 7.12 Å². The quantitative estimate of drug-likeness (QED) is 0.723. The molecule has 0 unspecified atom stereocenters. The zero-order valence-corrected chi connectivity index (χ0v) is 11.2. The molecule has 0 saturated carbocycles. The molecule has 0 aliphatic carbocycles. The molecule has 4 heteroatoms. The van der Waals surface area contributed by atoms with Crippen LogP contribution in [0.15, 0.2) is 34.7 Å². The third-order valence-electron chi connectivity index (χ3n) is 3.93. The second kappa shape index (κ2) is 3.62. The van der Waals surface area contributed by atoms with Gasteiger partial charge in [0.15, 0.2) is 0 Å². The van der Waals surface area contributed by atoms with Gasteiger partial charge in [-0.15, -0.1) is 0 Å². The van der Waals surface area contributed by atoms with Gasteiger partial charge in [0.05, 0.1) is 11.2 Å². The predicted octanol–water partition coefficient (Wildman–Crippen LogP) is 2.73. The summed E-state index contributed by atoms with van der Waals surface area (Å²) in [6.07, 6.45) is 0. The van der Waals surface area contributed by atoms with Crippen LogP contribution in [0.5, 0.6) is 0 Å². The SMILES string of the molecule is CC1(C)OB(c2cc3ccccc3o2)OC1(C)C. The summed E-state index contributed by atoms with van der Waals surface area (Å²) < 4.78 is 17.7. The van der Waals surface area contributed by atoms with Crippen LogP contribution in [0, 0.1) is 0 Å². The molecule has 1 aromatic heterocycles. The van der Waals surface area contributed by atoms with Crippen molar-refractivity contribution < 1.29 is 13.7 Å². The lowest BCUT2D eigenvalue weighted by Gasteiger charge is -2.32. The van der Waals surface area contributed by atoms with Crippen LogP contribution in [0.2, 0.25) is 0 Å². The average Bonchev–Trinajstić information content (AvgIpc) is 2.78. The topological polar surface area (TPSA) is 31.6 Å². The Bertz CT molecular complexity index is 536. The Morgan fingerprint density at radius 1 is 0.944 bits per heavy atom. The van der Waals surface area contributed by atoms with Crippen LogP contribution in [0.4, 0.5) is 0 Å². The Labute approximate surface area is 107 Å². The summed E-state index contributed by atoms with van der Waals surface area (Å²) in [7, 11) is -0.428. The first-order valence-corrected chi connectivity index (χ1v) is 6.23. The molecule has 18 heavy (non-hydrogen) atoms. The van der Waals surface area contributed by atoms with E-state index in [9.17, 15) is 0 Å². The fourth-order valence-corrected chi connectivity index (χ4v) is 2.08. The maximum absolute atomic E-state index is 5.96. The number of hydrogen-bond donors (Lipinski definition) is 0. The zero-order valence-electron chi connectivity index (χ0n) is 11.2. The van der Waals surface area contributed by atoms with Gasteiger partial charge in [0.1, 0.15) is 11.2 Å². The molecule has 1 saturated heterocycles. The van der Waals surface area contributed by atoms with Crippen molar-refractivity contribution in [2.45, 2.75) is 38.9 Å². The van der Waals surface area contributed by atoms with Crippen molar-refractivity contribution in [3.05, 3.63) is 30.3 Å². The first-order valence-electron chi connectivity index (χ1n) is 6.23. The lowest BCUT2D eigenvalue weighted by atomic mass is 9.86. The van der Waals surface area contributed by atoms with Crippen molar-refractivity contribution in [1.82, 2.24) is 0 Å². The molecule has 0 radical (unpaired) electrons. The summed E-state index contributed by atoms with van der Waals surface area (Å²) in [5.74, 6) is 0. The minimum absolute atomic E-state index is 0.337. The van der Waals surface area contributed by atoms with Crippen molar-refractivity contribution in [3.8, 4) is 0 Å². The Hall–Kier alpha value is -1.26. The highest BCUT2D eigenvalue weighted by atomic mass is 16.7. The Morgan fingerprint density at radius 2 is 1.56 bits per heavy atom. The van der Waals surface area contributed by atoms with E-state index in [1.807, 2.05) is 58.0 Å². The molecule has 94 valence electrons. The normalized spacial score (nSPS) is 21.7.